The highest BCUT2D eigenvalue weighted by molar-refractivity contribution is 6.30. The summed E-state index contributed by atoms with van der Waals surface area (Å²) in [5.41, 5.74) is 1.33. The van der Waals surface area contributed by atoms with Gasteiger partial charge in [0.05, 0.1) is 10.7 Å². The minimum absolute atomic E-state index is 0.306. The van der Waals surface area contributed by atoms with Gasteiger partial charge in [0.25, 0.3) is 0 Å². The number of piperidine rings is 1. The van der Waals surface area contributed by atoms with Crippen molar-refractivity contribution >= 4 is 11.6 Å². The molecule has 1 N–H and O–H groups in total. The van der Waals surface area contributed by atoms with E-state index in [2.05, 4.69) is 9.88 Å². The summed E-state index contributed by atoms with van der Waals surface area (Å²) in [4.78, 5) is 6.56. The Hall–Kier alpha value is -1.62. The number of rotatable bonds is 5. The second-order valence-electron chi connectivity index (χ2n) is 6.61. The number of nitrogens with zero attached hydrogens (tertiary/aromatic N) is 2. The van der Waals surface area contributed by atoms with E-state index in [4.69, 9.17) is 16.3 Å². The Bertz CT molecular complexity index is 660. The van der Waals surface area contributed by atoms with Crippen LogP contribution in [0.5, 0.6) is 5.75 Å². The zero-order chi connectivity index (χ0) is 17.0. The molecule has 2 heterocycles. The number of β-amino-alcohol motifs (C(OH)–C–C–N with tert-alkyl or cyclic N) is 1. The highest BCUT2D eigenvalue weighted by Crippen LogP contribution is 2.24. The summed E-state index contributed by atoms with van der Waals surface area (Å²) >= 11 is 5.88. The maximum Gasteiger partial charge on any atom is 0.119 e. The number of hydrogen-bond acceptors (Lipinski definition) is 4. The number of likely N-dealkylation sites (tertiary alicyclic amines) is 1. The van der Waals surface area contributed by atoms with Gasteiger partial charge < -0.3 is 9.84 Å². The molecular formula is C19H23ClN2O2. The zero-order valence-electron chi connectivity index (χ0n) is 13.9. The quantitative estimate of drug-likeness (QED) is 0.900. The van der Waals surface area contributed by atoms with Gasteiger partial charge in [-0.05, 0) is 50.6 Å². The van der Waals surface area contributed by atoms with Crippen LogP contribution in [0, 0.1) is 6.92 Å². The Balaban J connectivity index is 1.56. The Morgan fingerprint density at radius 3 is 2.75 bits per heavy atom. The van der Waals surface area contributed by atoms with E-state index in [9.17, 15) is 5.11 Å². The van der Waals surface area contributed by atoms with E-state index in [0.29, 0.717) is 24.7 Å². The molecule has 0 bridgehead atoms. The third-order valence-corrected chi connectivity index (χ3v) is 4.56. The van der Waals surface area contributed by atoms with E-state index < -0.39 is 5.60 Å². The minimum atomic E-state index is -0.824. The van der Waals surface area contributed by atoms with Crippen LogP contribution in [0.3, 0.4) is 0 Å². The third-order valence-electron chi connectivity index (χ3n) is 4.34. The van der Waals surface area contributed by atoms with Crippen molar-refractivity contribution in [1.82, 2.24) is 9.88 Å². The van der Waals surface area contributed by atoms with Crippen LogP contribution < -0.4 is 4.74 Å². The molecule has 4 nitrogen and oxygen atoms in total. The van der Waals surface area contributed by atoms with Gasteiger partial charge in [-0.2, -0.15) is 0 Å². The molecule has 128 valence electrons. The van der Waals surface area contributed by atoms with Gasteiger partial charge in [0, 0.05) is 19.3 Å². The molecule has 1 aromatic carbocycles. The normalized spacial score (nSPS) is 21.6. The van der Waals surface area contributed by atoms with Gasteiger partial charge in [0.2, 0.25) is 0 Å². The molecule has 1 aromatic heterocycles. The van der Waals surface area contributed by atoms with Crippen molar-refractivity contribution in [3.05, 3.63) is 58.9 Å². The monoisotopic (exact) mass is 346 g/mol. The first-order valence-corrected chi connectivity index (χ1v) is 8.65. The molecule has 0 radical (unpaired) electrons. The summed E-state index contributed by atoms with van der Waals surface area (Å²) in [5.74, 6) is 0.797. The van der Waals surface area contributed by atoms with Gasteiger partial charge in [0.15, 0.2) is 0 Å². The molecule has 1 fully saturated rings. The summed E-state index contributed by atoms with van der Waals surface area (Å²) in [6, 6.07) is 11.7. The highest BCUT2D eigenvalue weighted by Gasteiger charge is 2.34. The van der Waals surface area contributed by atoms with Crippen LogP contribution in [-0.2, 0) is 6.54 Å². The first-order valence-electron chi connectivity index (χ1n) is 8.27. The van der Waals surface area contributed by atoms with E-state index in [1.807, 2.05) is 43.3 Å². The average Bonchev–Trinajstić information content (AvgIpc) is 2.57. The van der Waals surface area contributed by atoms with Gasteiger partial charge in [-0.1, -0.05) is 29.3 Å². The number of halogens is 1. The number of benzene rings is 1. The van der Waals surface area contributed by atoms with Gasteiger partial charge in [-0.15, -0.1) is 0 Å². The maximum atomic E-state index is 10.9. The van der Waals surface area contributed by atoms with Crippen LogP contribution in [0.15, 0.2) is 42.6 Å². The molecule has 1 aliphatic rings. The van der Waals surface area contributed by atoms with Crippen LogP contribution in [0.4, 0.5) is 0 Å². The zero-order valence-corrected chi connectivity index (χ0v) is 14.7. The lowest BCUT2D eigenvalue weighted by Gasteiger charge is -2.38. The lowest BCUT2D eigenvalue weighted by atomic mass is 9.93. The Kier molecular flexibility index (Phi) is 5.39. The highest BCUT2D eigenvalue weighted by atomic mass is 35.5. The molecule has 0 amide bonds. The van der Waals surface area contributed by atoms with E-state index in [1.165, 1.54) is 5.56 Å². The Morgan fingerprint density at radius 2 is 2.04 bits per heavy atom. The molecule has 2 aromatic rings. The van der Waals surface area contributed by atoms with E-state index >= 15 is 0 Å². The predicted molar refractivity (Wildman–Crippen MR) is 95.4 cm³/mol. The molecular weight excluding hydrogens is 324 g/mol. The molecule has 24 heavy (non-hydrogen) atoms. The van der Waals surface area contributed by atoms with Crippen molar-refractivity contribution in [3.63, 3.8) is 0 Å². The molecule has 1 aliphatic heterocycles. The van der Waals surface area contributed by atoms with Crippen molar-refractivity contribution in [2.45, 2.75) is 31.9 Å². The molecule has 1 saturated heterocycles. The molecule has 1 atom stereocenters. The Morgan fingerprint density at radius 1 is 1.25 bits per heavy atom. The average molecular weight is 347 g/mol. The molecule has 1 unspecified atom stereocenters. The van der Waals surface area contributed by atoms with Crippen molar-refractivity contribution in [1.29, 1.82) is 0 Å². The van der Waals surface area contributed by atoms with Gasteiger partial charge in [-0.3, -0.25) is 9.88 Å². The SMILES string of the molecule is Cc1ccc(OCC2(O)CCCN(Cc3ccc(Cl)cn3)C2)cc1. The van der Waals surface area contributed by atoms with E-state index in [0.717, 1.165) is 30.8 Å². The number of ether oxygens (including phenoxy) is 1. The summed E-state index contributed by atoms with van der Waals surface area (Å²) in [7, 11) is 0. The molecule has 0 aliphatic carbocycles. The van der Waals surface area contributed by atoms with Crippen molar-refractivity contribution < 1.29 is 9.84 Å². The molecule has 0 saturated carbocycles. The van der Waals surface area contributed by atoms with Crippen LogP contribution in [0.2, 0.25) is 5.02 Å². The first kappa shape index (κ1) is 17.2. The van der Waals surface area contributed by atoms with Crippen LogP contribution in [-0.4, -0.2) is 40.3 Å². The lowest BCUT2D eigenvalue weighted by Crippen LogP contribution is -2.51. The third kappa shape index (κ3) is 4.69. The number of aliphatic hydroxyl groups is 1. The number of aryl methyl sites for hydroxylation is 1. The maximum absolute atomic E-state index is 10.9. The summed E-state index contributed by atoms with van der Waals surface area (Å²) < 4.78 is 5.81. The van der Waals surface area contributed by atoms with Gasteiger partial charge in [0.1, 0.15) is 18.0 Å². The fourth-order valence-electron chi connectivity index (χ4n) is 3.04. The van der Waals surface area contributed by atoms with Crippen molar-refractivity contribution in [3.8, 4) is 5.75 Å². The summed E-state index contributed by atoms with van der Waals surface area (Å²) in [6.45, 7) is 4.60. The second kappa shape index (κ2) is 7.51. The largest absolute Gasteiger partial charge is 0.491 e. The molecule has 5 heteroatoms. The fraction of sp³-hybridized carbons (Fsp3) is 0.421. The lowest BCUT2D eigenvalue weighted by molar-refractivity contribution is -0.0623. The number of aromatic nitrogens is 1. The van der Waals surface area contributed by atoms with Crippen LogP contribution in [0.1, 0.15) is 24.1 Å². The van der Waals surface area contributed by atoms with Gasteiger partial charge >= 0.3 is 0 Å². The predicted octanol–water partition coefficient (Wildman–Crippen LogP) is 3.45. The van der Waals surface area contributed by atoms with Crippen LogP contribution in [0.25, 0.3) is 0 Å². The number of hydrogen-bond donors (Lipinski definition) is 1. The van der Waals surface area contributed by atoms with Crippen molar-refractivity contribution in [2.75, 3.05) is 19.7 Å². The smallest absolute Gasteiger partial charge is 0.119 e. The number of pyridine rings is 1. The van der Waals surface area contributed by atoms with Crippen LogP contribution >= 0.6 is 11.6 Å². The summed E-state index contributed by atoms with van der Waals surface area (Å²) in [6.07, 6.45) is 3.36. The topological polar surface area (TPSA) is 45.6 Å². The van der Waals surface area contributed by atoms with E-state index in [1.54, 1.807) is 6.20 Å². The van der Waals surface area contributed by atoms with E-state index in [-0.39, 0.29) is 0 Å². The summed E-state index contributed by atoms with van der Waals surface area (Å²) in [5, 5.41) is 11.5. The second-order valence-corrected chi connectivity index (χ2v) is 7.04. The standard InChI is InChI=1S/C19H23ClN2O2/c1-15-3-7-18(8-4-15)24-14-19(23)9-2-10-22(13-19)12-17-6-5-16(20)11-21-17/h3-8,11,23H,2,9-10,12-14H2,1H3. The first-order chi connectivity index (χ1) is 11.5. The Labute approximate surface area is 148 Å². The molecule has 3 rings (SSSR count). The van der Waals surface area contributed by atoms with Crippen molar-refractivity contribution in [2.24, 2.45) is 0 Å². The molecule has 0 spiro atoms. The fourth-order valence-corrected chi connectivity index (χ4v) is 3.15. The minimum Gasteiger partial charge on any atom is -0.491 e. The van der Waals surface area contributed by atoms with Gasteiger partial charge in [-0.25, -0.2) is 0 Å².